The van der Waals surface area contributed by atoms with E-state index in [1.54, 1.807) is 6.07 Å². The van der Waals surface area contributed by atoms with Crippen molar-refractivity contribution in [2.24, 2.45) is 18.9 Å². The molecule has 2 aliphatic heterocycles. The zero-order valence-corrected chi connectivity index (χ0v) is 30.5. The molecule has 1 N–H and O–H groups in total. The molecular weight excluding hydrogens is 656 g/mol. The van der Waals surface area contributed by atoms with E-state index in [0.29, 0.717) is 43.5 Å². The van der Waals surface area contributed by atoms with Crippen LogP contribution in [0, 0.1) is 18.8 Å². The minimum atomic E-state index is -2.90. The summed E-state index contributed by atoms with van der Waals surface area (Å²) in [6, 6.07) is 14.0. The molecule has 4 aliphatic rings. The molecular formula is C39H49ClN4O4S. The number of nitrogens with zero attached hydrogens (tertiary/aromatic N) is 3. The lowest BCUT2D eigenvalue weighted by atomic mass is 9.68. The topological polar surface area (TPSA) is 85.7 Å². The number of halogens is 1. The van der Waals surface area contributed by atoms with Crippen LogP contribution in [0.25, 0.3) is 0 Å². The molecule has 3 heterocycles. The van der Waals surface area contributed by atoms with Crippen molar-refractivity contribution in [3.8, 4) is 5.75 Å². The smallest absolute Gasteiger partial charge is 0.262 e. The number of amides is 1. The normalized spacial score (nSPS) is 30.7. The second-order valence-electron chi connectivity index (χ2n) is 14.7. The monoisotopic (exact) mass is 704 g/mol. The highest BCUT2D eigenvalue weighted by atomic mass is 35.5. The van der Waals surface area contributed by atoms with E-state index in [1.807, 2.05) is 43.8 Å². The van der Waals surface area contributed by atoms with Crippen LogP contribution >= 0.6 is 11.6 Å². The van der Waals surface area contributed by atoms with Crippen molar-refractivity contribution in [2.75, 3.05) is 24.6 Å². The number of carbonyl (C=O) groups is 1. The first-order valence-electron chi connectivity index (χ1n) is 17.8. The van der Waals surface area contributed by atoms with E-state index in [9.17, 15) is 9.00 Å². The van der Waals surface area contributed by atoms with Gasteiger partial charge in [0.25, 0.3) is 5.91 Å². The van der Waals surface area contributed by atoms with Crippen molar-refractivity contribution in [3.05, 3.63) is 87.7 Å². The SMILES string of the molecule is C=S1(=O)NC(=O)c2ccc3c(c2)N(C[C@@H]2CC[C@H]2[C@@H](OCc2cc(C)nn2C)/C=C/CC[C@H]1CC)C[C@@]1(CCCc2cc(Cl)ccc21)CO3. The summed E-state index contributed by atoms with van der Waals surface area (Å²) in [5.74, 6) is 5.19. The van der Waals surface area contributed by atoms with Crippen molar-refractivity contribution < 1.29 is 18.5 Å². The molecule has 8 nitrogen and oxygen atoms in total. The maximum atomic E-state index is 13.9. The highest BCUT2D eigenvalue weighted by Crippen LogP contribution is 2.47. The van der Waals surface area contributed by atoms with Gasteiger partial charge < -0.3 is 14.4 Å². The van der Waals surface area contributed by atoms with Crippen molar-refractivity contribution in [2.45, 2.75) is 88.6 Å². The molecule has 7 rings (SSSR count). The van der Waals surface area contributed by atoms with Gasteiger partial charge in [0.15, 0.2) is 0 Å². The molecule has 1 saturated carbocycles. The molecule has 1 unspecified atom stereocenters. The molecule has 49 heavy (non-hydrogen) atoms. The van der Waals surface area contributed by atoms with Gasteiger partial charge in [0.05, 0.1) is 46.1 Å². The number of allylic oxidation sites excluding steroid dienone is 1. The molecule has 0 saturated heterocycles. The van der Waals surface area contributed by atoms with Gasteiger partial charge in [0.2, 0.25) is 0 Å². The number of fused-ring (bicyclic) bond motifs is 4. The molecule has 2 aromatic carbocycles. The number of hydrogen-bond donors (Lipinski definition) is 1. The van der Waals surface area contributed by atoms with Crippen LogP contribution < -0.4 is 14.4 Å². The molecule has 1 aromatic heterocycles. The van der Waals surface area contributed by atoms with Gasteiger partial charge in [-0.2, -0.15) is 5.10 Å². The first-order valence-corrected chi connectivity index (χ1v) is 20.0. The number of hydrogen-bond acceptors (Lipinski definition) is 6. The number of anilines is 1. The van der Waals surface area contributed by atoms with Crippen LogP contribution in [0.1, 0.15) is 84.7 Å². The quantitative estimate of drug-likeness (QED) is 0.234. The Balaban J connectivity index is 1.27. The van der Waals surface area contributed by atoms with Gasteiger partial charge in [0, 0.05) is 41.4 Å². The van der Waals surface area contributed by atoms with Crippen LogP contribution in [-0.2, 0) is 39.9 Å². The molecule has 2 bridgehead atoms. The minimum Gasteiger partial charge on any atom is -0.490 e. The molecule has 1 amide bonds. The standard InChI is InChI=1S/C39H49ClN4O4S/c1-5-32-10-6-7-11-36(47-23-31-19-26(2)41-43(31)3)33-15-12-29(33)22-44-24-39(18-8-9-27-20-30(40)14-16-34(27)39)25-48-37-17-13-28(21-35(37)44)38(45)42-49(32,4)46/h7,11,13-14,16-17,19-21,29,32-33,36H,4-6,8-10,12,15,18,22-25H2,1-3H3,(H,42,45,46)/b11-7+/t29-,32+,33+,36-,39-,49?/m0/s1. The van der Waals surface area contributed by atoms with Crippen molar-refractivity contribution in [3.63, 3.8) is 0 Å². The van der Waals surface area contributed by atoms with E-state index in [2.05, 4.69) is 50.9 Å². The summed E-state index contributed by atoms with van der Waals surface area (Å²) in [6.45, 7) is 6.63. The van der Waals surface area contributed by atoms with Gasteiger partial charge in [-0.25, -0.2) is 4.21 Å². The Morgan fingerprint density at radius 1 is 1.18 bits per heavy atom. The van der Waals surface area contributed by atoms with E-state index in [-0.39, 0.29) is 22.7 Å². The molecule has 3 aromatic rings. The summed E-state index contributed by atoms with van der Waals surface area (Å²) in [7, 11) is -0.935. The Labute approximate surface area is 296 Å². The molecule has 1 fully saturated rings. The zero-order valence-electron chi connectivity index (χ0n) is 29.0. The maximum absolute atomic E-state index is 13.9. The van der Waals surface area contributed by atoms with E-state index in [0.717, 1.165) is 79.5 Å². The van der Waals surface area contributed by atoms with Gasteiger partial charge in [-0.15, -0.1) is 0 Å². The van der Waals surface area contributed by atoms with Crippen LogP contribution in [0.3, 0.4) is 0 Å². The average Bonchev–Trinajstić information content (AvgIpc) is 3.30. The third-order valence-corrected chi connectivity index (χ3v) is 13.8. The van der Waals surface area contributed by atoms with Gasteiger partial charge in [0.1, 0.15) is 5.75 Å². The summed E-state index contributed by atoms with van der Waals surface area (Å²) in [4.78, 5) is 16.2. The predicted molar refractivity (Wildman–Crippen MR) is 198 cm³/mol. The Bertz CT molecular complexity index is 1850. The fraction of sp³-hybridized carbons (Fsp3) is 0.513. The third-order valence-electron chi connectivity index (χ3n) is 11.4. The number of ether oxygens (including phenoxy) is 2. The minimum absolute atomic E-state index is 0.0636. The molecule has 262 valence electrons. The first kappa shape index (κ1) is 34.2. The molecule has 2 aliphatic carbocycles. The van der Waals surface area contributed by atoms with Crippen LogP contribution in [0.2, 0.25) is 5.02 Å². The second kappa shape index (κ2) is 13.8. The van der Waals surface area contributed by atoms with Crippen molar-refractivity contribution >= 4 is 38.8 Å². The number of carbonyl (C=O) groups excluding carboxylic acids is 1. The summed E-state index contributed by atoms with van der Waals surface area (Å²) in [5.41, 5.74) is 5.79. The average molecular weight is 705 g/mol. The predicted octanol–water partition coefficient (Wildman–Crippen LogP) is 6.96. The number of rotatable bonds is 4. The Kier molecular flexibility index (Phi) is 9.63. The number of aryl methyl sites for hydroxylation is 3. The lowest BCUT2D eigenvalue weighted by Gasteiger charge is -2.46. The van der Waals surface area contributed by atoms with Crippen LogP contribution in [-0.4, -0.2) is 56.8 Å². The van der Waals surface area contributed by atoms with Gasteiger partial charge in [-0.05, 0) is 124 Å². The van der Waals surface area contributed by atoms with Crippen LogP contribution in [0.4, 0.5) is 5.69 Å². The van der Waals surface area contributed by atoms with E-state index >= 15 is 0 Å². The largest absolute Gasteiger partial charge is 0.490 e. The van der Waals surface area contributed by atoms with Crippen LogP contribution in [0.5, 0.6) is 5.75 Å². The number of aromatic nitrogens is 2. The summed E-state index contributed by atoms with van der Waals surface area (Å²) < 4.78 is 32.1. The van der Waals surface area contributed by atoms with Gasteiger partial charge in [-0.3, -0.25) is 14.2 Å². The fourth-order valence-electron chi connectivity index (χ4n) is 8.57. The van der Waals surface area contributed by atoms with E-state index in [1.165, 1.54) is 11.1 Å². The third kappa shape index (κ3) is 6.91. The van der Waals surface area contributed by atoms with Crippen LogP contribution in [0.15, 0.2) is 54.6 Å². The lowest BCUT2D eigenvalue weighted by molar-refractivity contribution is -0.0246. The van der Waals surface area contributed by atoms with Crippen molar-refractivity contribution in [1.29, 1.82) is 0 Å². The fourth-order valence-corrected chi connectivity index (χ4v) is 10.4. The maximum Gasteiger partial charge on any atom is 0.262 e. The molecule has 6 atom stereocenters. The molecule has 0 radical (unpaired) electrons. The highest BCUT2D eigenvalue weighted by molar-refractivity contribution is 7.99. The summed E-state index contributed by atoms with van der Waals surface area (Å²) in [6.07, 6.45) is 11.7. The van der Waals surface area contributed by atoms with E-state index < -0.39 is 9.71 Å². The summed E-state index contributed by atoms with van der Waals surface area (Å²) >= 11 is 6.48. The van der Waals surface area contributed by atoms with Gasteiger partial charge >= 0.3 is 0 Å². The second-order valence-corrected chi connectivity index (χ2v) is 17.4. The Morgan fingerprint density at radius 2 is 2.04 bits per heavy atom. The van der Waals surface area contributed by atoms with Crippen molar-refractivity contribution in [1.82, 2.24) is 14.5 Å². The first-order chi connectivity index (χ1) is 23.5. The number of nitrogens with one attached hydrogen (secondary N) is 1. The van der Waals surface area contributed by atoms with E-state index in [4.69, 9.17) is 21.1 Å². The van der Waals surface area contributed by atoms with Gasteiger partial charge in [-0.1, -0.05) is 36.7 Å². The zero-order chi connectivity index (χ0) is 34.3. The Morgan fingerprint density at radius 3 is 2.80 bits per heavy atom. The summed E-state index contributed by atoms with van der Waals surface area (Å²) in [5, 5.41) is 5.04. The number of benzene rings is 2. The molecule has 1 spiro atoms. The molecule has 10 heteroatoms. The lowest BCUT2D eigenvalue weighted by Crippen LogP contribution is -2.49. The highest BCUT2D eigenvalue weighted by Gasteiger charge is 2.44. The Hall–Kier alpha value is -3.27.